The molecule has 5 nitrogen and oxygen atoms in total. The molecule has 100 valence electrons. The molecule has 3 N–H and O–H groups in total. The van der Waals surface area contributed by atoms with E-state index in [4.69, 9.17) is 20.3 Å². The minimum absolute atomic E-state index is 0.0550. The van der Waals surface area contributed by atoms with Crippen molar-refractivity contribution in [3.63, 3.8) is 0 Å². The topological polar surface area (TPSA) is 81.8 Å². The molecule has 1 aromatic rings. The van der Waals surface area contributed by atoms with E-state index < -0.39 is 12.1 Å². The van der Waals surface area contributed by atoms with Gasteiger partial charge in [-0.05, 0) is 38.0 Å². The molecule has 0 fully saturated rings. The minimum atomic E-state index is -1.02. The molecule has 0 bridgehead atoms. The molecule has 0 aliphatic heterocycles. The third-order valence-electron chi connectivity index (χ3n) is 2.44. The number of carboxylic acid groups (broad SMARTS) is 1. The zero-order chi connectivity index (χ0) is 13.7. The Morgan fingerprint density at radius 3 is 2.56 bits per heavy atom. The van der Waals surface area contributed by atoms with Crippen LogP contribution in [-0.2, 0) is 11.2 Å². The maximum Gasteiger partial charge on any atom is 0.344 e. The molecule has 0 aliphatic carbocycles. The first kappa shape index (κ1) is 14.3. The third-order valence-corrected chi connectivity index (χ3v) is 2.44. The summed E-state index contributed by atoms with van der Waals surface area (Å²) in [6.07, 6.45) is -0.191. The van der Waals surface area contributed by atoms with E-state index in [-0.39, 0.29) is 6.04 Å². The number of hydrogen-bond acceptors (Lipinski definition) is 4. The highest BCUT2D eigenvalue weighted by atomic mass is 16.5. The van der Waals surface area contributed by atoms with Gasteiger partial charge in [-0.2, -0.15) is 0 Å². The number of carboxylic acids is 1. The largest absolute Gasteiger partial charge is 0.493 e. The van der Waals surface area contributed by atoms with E-state index in [0.717, 1.165) is 12.0 Å². The molecule has 18 heavy (non-hydrogen) atoms. The second-order valence-corrected chi connectivity index (χ2v) is 4.26. The highest BCUT2D eigenvalue weighted by Crippen LogP contribution is 2.29. The van der Waals surface area contributed by atoms with E-state index in [1.165, 1.54) is 14.0 Å². The van der Waals surface area contributed by atoms with Crippen LogP contribution in [-0.4, -0.2) is 30.3 Å². The SMILES string of the molecule is COc1cc(CC(C)N)ccc1OC(C)C(=O)O. The molecule has 0 radical (unpaired) electrons. The predicted molar refractivity (Wildman–Crippen MR) is 68.1 cm³/mol. The van der Waals surface area contributed by atoms with Crippen molar-refractivity contribution in [3.8, 4) is 11.5 Å². The van der Waals surface area contributed by atoms with Gasteiger partial charge in [0, 0.05) is 6.04 Å². The zero-order valence-electron chi connectivity index (χ0n) is 10.8. The second kappa shape index (κ2) is 6.26. The Bertz CT molecular complexity index is 417. The lowest BCUT2D eigenvalue weighted by Gasteiger charge is -2.15. The Morgan fingerprint density at radius 1 is 1.39 bits per heavy atom. The van der Waals surface area contributed by atoms with Crippen LogP contribution in [0.2, 0.25) is 0 Å². The van der Waals surface area contributed by atoms with Crippen molar-refractivity contribution >= 4 is 5.97 Å². The fraction of sp³-hybridized carbons (Fsp3) is 0.462. The lowest BCUT2D eigenvalue weighted by atomic mass is 10.1. The number of ether oxygens (including phenoxy) is 2. The quantitative estimate of drug-likeness (QED) is 0.801. The van der Waals surface area contributed by atoms with E-state index in [1.807, 2.05) is 19.1 Å². The number of carbonyl (C=O) groups is 1. The Kier molecular flexibility index (Phi) is 4.97. The third kappa shape index (κ3) is 3.92. The molecule has 5 heteroatoms. The van der Waals surface area contributed by atoms with Crippen LogP contribution in [0.3, 0.4) is 0 Å². The van der Waals surface area contributed by atoms with E-state index in [0.29, 0.717) is 11.5 Å². The molecule has 1 rings (SSSR count). The first-order valence-corrected chi connectivity index (χ1v) is 5.76. The van der Waals surface area contributed by atoms with Crippen molar-refractivity contribution in [1.82, 2.24) is 0 Å². The lowest BCUT2D eigenvalue weighted by Crippen LogP contribution is -2.23. The standard InChI is InChI=1S/C13H19NO4/c1-8(14)6-10-4-5-11(12(7-10)17-3)18-9(2)13(15)16/h4-5,7-9H,6,14H2,1-3H3,(H,15,16). The smallest absolute Gasteiger partial charge is 0.344 e. The van der Waals surface area contributed by atoms with Crippen molar-refractivity contribution in [2.24, 2.45) is 5.73 Å². The first-order chi connectivity index (χ1) is 8.43. The van der Waals surface area contributed by atoms with Gasteiger partial charge in [-0.25, -0.2) is 4.79 Å². The summed E-state index contributed by atoms with van der Waals surface area (Å²) in [6, 6.07) is 5.43. The van der Waals surface area contributed by atoms with Gasteiger partial charge in [0.15, 0.2) is 17.6 Å². The number of aliphatic carboxylic acids is 1. The van der Waals surface area contributed by atoms with E-state index in [2.05, 4.69) is 0 Å². The van der Waals surface area contributed by atoms with Gasteiger partial charge in [0.25, 0.3) is 0 Å². The summed E-state index contributed by atoms with van der Waals surface area (Å²) in [5, 5.41) is 8.80. The summed E-state index contributed by atoms with van der Waals surface area (Å²) in [6.45, 7) is 3.39. The molecule has 0 aliphatic rings. The molecule has 0 amide bonds. The summed E-state index contributed by atoms with van der Waals surface area (Å²) >= 11 is 0. The normalized spacial score (nSPS) is 13.8. The van der Waals surface area contributed by atoms with E-state index in [9.17, 15) is 4.79 Å². The summed E-state index contributed by atoms with van der Waals surface area (Å²) in [5.41, 5.74) is 6.75. The highest BCUT2D eigenvalue weighted by Gasteiger charge is 2.15. The summed E-state index contributed by atoms with van der Waals surface area (Å²) in [7, 11) is 1.52. The van der Waals surface area contributed by atoms with Crippen LogP contribution in [0.25, 0.3) is 0 Å². The Balaban J connectivity index is 2.89. The second-order valence-electron chi connectivity index (χ2n) is 4.26. The molecule has 2 unspecified atom stereocenters. The molecule has 0 heterocycles. The van der Waals surface area contributed by atoms with Gasteiger partial charge in [0.2, 0.25) is 0 Å². The van der Waals surface area contributed by atoms with Crippen LogP contribution >= 0.6 is 0 Å². The Labute approximate surface area is 107 Å². The average molecular weight is 253 g/mol. The van der Waals surface area contributed by atoms with Crippen LogP contribution in [0.15, 0.2) is 18.2 Å². The van der Waals surface area contributed by atoms with Crippen LogP contribution in [0, 0.1) is 0 Å². The number of nitrogens with two attached hydrogens (primary N) is 1. The molecule has 2 atom stereocenters. The van der Waals surface area contributed by atoms with E-state index in [1.54, 1.807) is 6.07 Å². The van der Waals surface area contributed by atoms with Crippen molar-refractivity contribution in [3.05, 3.63) is 23.8 Å². The van der Waals surface area contributed by atoms with Gasteiger partial charge >= 0.3 is 5.97 Å². The van der Waals surface area contributed by atoms with E-state index >= 15 is 0 Å². The van der Waals surface area contributed by atoms with Gasteiger partial charge in [-0.1, -0.05) is 6.07 Å². The Morgan fingerprint density at radius 2 is 2.06 bits per heavy atom. The monoisotopic (exact) mass is 253 g/mol. The number of hydrogen-bond donors (Lipinski definition) is 2. The maximum absolute atomic E-state index is 10.7. The van der Waals surface area contributed by atoms with Gasteiger partial charge < -0.3 is 20.3 Å². The average Bonchev–Trinajstić information content (AvgIpc) is 2.30. The molecular formula is C13H19NO4. The minimum Gasteiger partial charge on any atom is -0.493 e. The lowest BCUT2D eigenvalue weighted by molar-refractivity contribution is -0.144. The molecule has 0 saturated carbocycles. The van der Waals surface area contributed by atoms with Crippen molar-refractivity contribution in [1.29, 1.82) is 0 Å². The van der Waals surface area contributed by atoms with Gasteiger partial charge in [-0.15, -0.1) is 0 Å². The van der Waals surface area contributed by atoms with Crippen LogP contribution in [0.5, 0.6) is 11.5 Å². The fourth-order valence-electron chi connectivity index (χ4n) is 1.55. The van der Waals surface area contributed by atoms with Gasteiger partial charge in [0.05, 0.1) is 7.11 Å². The molecule has 0 saturated heterocycles. The van der Waals surface area contributed by atoms with Crippen LogP contribution in [0.4, 0.5) is 0 Å². The summed E-state index contributed by atoms with van der Waals surface area (Å²) in [4.78, 5) is 10.7. The van der Waals surface area contributed by atoms with Crippen LogP contribution in [0.1, 0.15) is 19.4 Å². The summed E-state index contributed by atoms with van der Waals surface area (Å²) < 4.78 is 10.5. The summed E-state index contributed by atoms with van der Waals surface area (Å²) in [5.74, 6) is -0.0845. The molecular weight excluding hydrogens is 234 g/mol. The van der Waals surface area contributed by atoms with Crippen LogP contribution < -0.4 is 15.2 Å². The molecule has 0 aromatic heterocycles. The van der Waals surface area contributed by atoms with Gasteiger partial charge in [-0.3, -0.25) is 0 Å². The number of methoxy groups -OCH3 is 1. The molecule has 0 spiro atoms. The van der Waals surface area contributed by atoms with Gasteiger partial charge in [0.1, 0.15) is 0 Å². The maximum atomic E-state index is 10.7. The van der Waals surface area contributed by atoms with Crippen molar-refractivity contribution in [2.75, 3.05) is 7.11 Å². The predicted octanol–water partition coefficient (Wildman–Crippen LogP) is 1.44. The number of benzene rings is 1. The Hall–Kier alpha value is -1.75. The molecule has 1 aromatic carbocycles. The number of rotatable bonds is 6. The first-order valence-electron chi connectivity index (χ1n) is 5.76. The van der Waals surface area contributed by atoms with Crippen molar-refractivity contribution < 1.29 is 19.4 Å². The fourth-order valence-corrected chi connectivity index (χ4v) is 1.55. The van der Waals surface area contributed by atoms with Crippen molar-refractivity contribution in [2.45, 2.75) is 32.4 Å². The zero-order valence-corrected chi connectivity index (χ0v) is 10.8. The highest BCUT2D eigenvalue weighted by molar-refractivity contribution is 5.72.